The molecule has 0 spiro atoms. The molecule has 0 unspecified atom stereocenters. The van der Waals surface area contributed by atoms with Crippen LogP contribution in [0.15, 0.2) is 6.07 Å². The minimum Gasteiger partial charge on any atom is -0.398 e. The number of nitrogen functional groups attached to an aromatic ring is 1. The third kappa shape index (κ3) is 1.42. The zero-order valence-electron chi connectivity index (χ0n) is 7.71. The molecule has 1 aliphatic rings. The van der Waals surface area contributed by atoms with Crippen molar-refractivity contribution in [2.75, 3.05) is 12.3 Å². The van der Waals surface area contributed by atoms with Crippen LogP contribution in [0.5, 0.6) is 0 Å². The standard InChI is InChI=1S/C9H12N4O/c10-6-3-7(9(11)14)13-8-4-12-2-1-5(6)8/h3,12H,1-2,4H2,(H2,10,13)(H2,11,14). The summed E-state index contributed by atoms with van der Waals surface area (Å²) in [7, 11) is 0. The number of fused-ring (bicyclic) bond motifs is 1. The molecule has 5 nitrogen and oxygen atoms in total. The van der Waals surface area contributed by atoms with Crippen LogP contribution in [-0.4, -0.2) is 17.4 Å². The van der Waals surface area contributed by atoms with E-state index in [2.05, 4.69) is 10.3 Å². The maximum Gasteiger partial charge on any atom is 0.267 e. The average Bonchev–Trinajstić information content (AvgIpc) is 2.17. The molecule has 5 heteroatoms. The Morgan fingerprint density at radius 1 is 1.57 bits per heavy atom. The van der Waals surface area contributed by atoms with Gasteiger partial charge in [0.25, 0.3) is 5.91 Å². The van der Waals surface area contributed by atoms with Gasteiger partial charge >= 0.3 is 0 Å². The van der Waals surface area contributed by atoms with Crippen LogP contribution in [0.4, 0.5) is 5.69 Å². The number of nitrogens with one attached hydrogen (secondary N) is 1. The molecule has 14 heavy (non-hydrogen) atoms. The number of rotatable bonds is 1. The van der Waals surface area contributed by atoms with Gasteiger partial charge in [0.15, 0.2) is 0 Å². The SMILES string of the molecule is NC(=O)c1cc(N)c2c(n1)CNCC2. The van der Waals surface area contributed by atoms with E-state index in [0.717, 1.165) is 24.2 Å². The second kappa shape index (κ2) is 3.26. The van der Waals surface area contributed by atoms with Gasteiger partial charge in [-0.05, 0) is 24.6 Å². The highest BCUT2D eigenvalue weighted by molar-refractivity contribution is 5.91. The normalized spacial score (nSPS) is 14.9. The Balaban J connectivity index is 2.51. The Bertz CT molecular complexity index is 389. The summed E-state index contributed by atoms with van der Waals surface area (Å²) in [4.78, 5) is 15.1. The largest absolute Gasteiger partial charge is 0.398 e. The Kier molecular flexibility index (Phi) is 2.09. The number of amides is 1. The molecule has 2 heterocycles. The zero-order chi connectivity index (χ0) is 10.1. The van der Waals surface area contributed by atoms with E-state index in [1.807, 2.05) is 0 Å². The Hall–Kier alpha value is -1.62. The van der Waals surface area contributed by atoms with E-state index in [-0.39, 0.29) is 5.69 Å². The number of pyridine rings is 1. The first-order valence-electron chi connectivity index (χ1n) is 4.47. The van der Waals surface area contributed by atoms with Crippen molar-refractivity contribution >= 4 is 11.6 Å². The smallest absolute Gasteiger partial charge is 0.267 e. The van der Waals surface area contributed by atoms with Crippen molar-refractivity contribution in [1.29, 1.82) is 0 Å². The van der Waals surface area contributed by atoms with Crippen LogP contribution in [0.1, 0.15) is 21.7 Å². The number of primary amides is 1. The van der Waals surface area contributed by atoms with Crippen LogP contribution in [0, 0.1) is 0 Å². The molecule has 0 radical (unpaired) electrons. The van der Waals surface area contributed by atoms with Crippen LogP contribution in [0.25, 0.3) is 0 Å². The average molecular weight is 192 g/mol. The van der Waals surface area contributed by atoms with Crippen molar-refractivity contribution in [3.05, 3.63) is 23.0 Å². The fraction of sp³-hybridized carbons (Fsp3) is 0.333. The van der Waals surface area contributed by atoms with E-state index in [1.165, 1.54) is 0 Å². The Morgan fingerprint density at radius 3 is 3.07 bits per heavy atom. The number of nitrogens with zero attached hydrogens (tertiary/aromatic N) is 1. The number of nitrogens with two attached hydrogens (primary N) is 2. The van der Waals surface area contributed by atoms with Gasteiger partial charge in [0.2, 0.25) is 0 Å². The predicted molar refractivity (Wildman–Crippen MR) is 52.6 cm³/mol. The van der Waals surface area contributed by atoms with Crippen molar-refractivity contribution in [3.63, 3.8) is 0 Å². The Labute approximate surface area is 81.5 Å². The maximum absolute atomic E-state index is 10.9. The fourth-order valence-electron chi connectivity index (χ4n) is 1.63. The molecule has 1 aliphatic heterocycles. The number of carbonyl (C=O) groups is 1. The third-order valence-corrected chi connectivity index (χ3v) is 2.34. The molecule has 0 aliphatic carbocycles. The van der Waals surface area contributed by atoms with Gasteiger partial charge in [0, 0.05) is 12.2 Å². The van der Waals surface area contributed by atoms with Crippen LogP contribution < -0.4 is 16.8 Å². The van der Waals surface area contributed by atoms with Crippen molar-refractivity contribution in [2.24, 2.45) is 5.73 Å². The molecule has 0 aromatic carbocycles. The molecule has 1 aromatic rings. The summed E-state index contributed by atoms with van der Waals surface area (Å²) in [6.45, 7) is 1.55. The lowest BCUT2D eigenvalue weighted by atomic mass is 10.0. The van der Waals surface area contributed by atoms with Gasteiger partial charge in [0.1, 0.15) is 5.69 Å². The Morgan fingerprint density at radius 2 is 2.36 bits per heavy atom. The second-order valence-corrected chi connectivity index (χ2v) is 3.31. The number of aromatic nitrogens is 1. The molecular weight excluding hydrogens is 180 g/mol. The van der Waals surface area contributed by atoms with E-state index in [1.54, 1.807) is 6.07 Å². The number of carbonyl (C=O) groups excluding carboxylic acids is 1. The minimum atomic E-state index is -0.537. The highest BCUT2D eigenvalue weighted by atomic mass is 16.1. The van der Waals surface area contributed by atoms with E-state index < -0.39 is 5.91 Å². The molecule has 0 bridgehead atoms. The van der Waals surface area contributed by atoms with Crippen molar-refractivity contribution in [3.8, 4) is 0 Å². The summed E-state index contributed by atoms with van der Waals surface area (Å²) in [5, 5.41) is 3.16. The summed E-state index contributed by atoms with van der Waals surface area (Å²) in [6, 6.07) is 1.55. The molecule has 1 aromatic heterocycles. The van der Waals surface area contributed by atoms with E-state index in [0.29, 0.717) is 12.2 Å². The lowest BCUT2D eigenvalue weighted by Crippen LogP contribution is -2.27. The van der Waals surface area contributed by atoms with Gasteiger partial charge in [-0.1, -0.05) is 0 Å². The summed E-state index contributed by atoms with van der Waals surface area (Å²) >= 11 is 0. The highest BCUT2D eigenvalue weighted by Gasteiger charge is 2.15. The van der Waals surface area contributed by atoms with E-state index >= 15 is 0 Å². The summed E-state index contributed by atoms with van der Waals surface area (Å²) < 4.78 is 0. The van der Waals surface area contributed by atoms with Crippen LogP contribution in [0.2, 0.25) is 0 Å². The van der Waals surface area contributed by atoms with Gasteiger partial charge in [-0.15, -0.1) is 0 Å². The summed E-state index contributed by atoms with van der Waals surface area (Å²) in [5.74, 6) is -0.537. The number of anilines is 1. The van der Waals surface area contributed by atoms with E-state index in [9.17, 15) is 4.79 Å². The molecular formula is C9H12N4O. The first kappa shape index (κ1) is 8.96. The monoisotopic (exact) mass is 192 g/mol. The first-order valence-corrected chi connectivity index (χ1v) is 4.47. The first-order chi connectivity index (χ1) is 6.68. The molecule has 74 valence electrons. The number of hydrogen-bond acceptors (Lipinski definition) is 4. The number of hydrogen-bond donors (Lipinski definition) is 3. The molecule has 0 fully saturated rings. The van der Waals surface area contributed by atoms with Gasteiger partial charge in [-0.3, -0.25) is 4.79 Å². The van der Waals surface area contributed by atoms with Gasteiger partial charge in [0.05, 0.1) is 5.69 Å². The highest BCUT2D eigenvalue weighted by Crippen LogP contribution is 2.19. The van der Waals surface area contributed by atoms with Crippen molar-refractivity contribution in [2.45, 2.75) is 13.0 Å². The molecule has 2 rings (SSSR count). The quantitative estimate of drug-likeness (QED) is 0.554. The summed E-state index contributed by atoms with van der Waals surface area (Å²) in [5.41, 5.74) is 13.7. The maximum atomic E-state index is 10.9. The zero-order valence-corrected chi connectivity index (χ0v) is 7.71. The minimum absolute atomic E-state index is 0.241. The lowest BCUT2D eigenvalue weighted by molar-refractivity contribution is 0.0995. The second-order valence-electron chi connectivity index (χ2n) is 3.31. The third-order valence-electron chi connectivity index (χ3n) is 2.34. The molecule has 0 atom stereocenters. The van der Waals surface area contributed by atoms with Gasteiger partial charge in [-0.2, -0.15) is 0 Å². The van der Waals surface area contributed by atoms with Crippen LogP contribution >= 0.6 is 0 Å². The van der Waals surface area contributed by atoms with Crippen LogP contribution in [-0.2, 0) is 13.0 Å². The van der Waals surface area contributed by atoms with Gasteiger partial charge in [-0.25, -0.2) is 4.98 Å². The molecule has 0 saturated carbocycles. The van der Waals surface area contributed by atoms with Gasteiger partial charge < -0.3 is 16.8 Å². The topological polar surface area (TPSA) is 94.0 Å². The molecule has 1 amide bonds. The molecule has 0 saturated heterocycles. The van der Waals surface area contributed by atoms with Crippen LogP contribution in [0.3, 0.4) is 0 Å². The van der Waals surface area contributed by atoms with E-state index in [4.69, 9.17) is 11.5 Å². The fourth-order valence-corrected chi connectivity index (χ4v) is 1.63. The van der Waals surface area contributed by atoms with Crippen molar-refractivity contribution < 1.29 is 4.79 Å². The molecule has 5 N–H and O–H groups in total. The summed E-state index contributed by atoms with van der Waals surface area (Å²) in [6.07, 6.45) is 0.854. The van der Waals surface area contributed by atoms with Crippen molar-refractivity contribution in [1.82, 2.24) is 10.3 Å². The predicted octanol–water partition coefficient (Wildman–Crippen LogP) is -0.592. The lowest BCUT2D eigenvalue weighted by Gasteiger charge is -2.18.